The van der Waals surface area contributed by atoms with Gasteiger partial charge in [0.05, 0.1) is 5.54 Å². The Bertz CT molecular complexity index is 280. The molecule has 5 nitrogen and oxygen atoms in total. The molecule has 74 valence electrons. The van der Waals surface area contributed by atoms with Crippen molar-refractivity contribution in [1.29, 1.82) is 0 Å². The van der Waals surface area contributed by atoms with Gasteiger partial charge in [0.2, 0.25) is 5.82 Å². The second-order valence-corrected chi connectivity index (χ2v) is 4.43. The number of nitrogens with zero attached hydrogens (tertiary/aromatic N) is 4. The van der Waals surface area contributed by atoms with Crippen molar-refractivity contribution in [3.8, 4) is 0 Å². The predicted octanol–water partition coefficient (Wildman–Crippen LogP) is 0.856. The maximum atomic E-state index is 9.38. The van der Waals surface area contributed by atoms with Gasteiger partial charge < -0.3 is 5.11 Å². The molecule has 0 bridgehead atoms. The van der Waals surface area contributed by atoms with Gasteiger partial charge in [-0.25, -0.2) is 0 Å². The number of tetrazole rings is 1. The minimum absolute atomic E-state index is 0.197. The van der Waals surface area contributed by atoms with Crippen LogP contribution in [0.3, 0.4) is 0 Å². The summed E-state index contributed by atoms with van der Waals surface area (Å²) in [4.78, 5) is 1.49. The van der Waals surface area contributed by atoms with Gasteiger partial charge in [-0.15, -0.1) is 10.2 Å². The Balaban J connectivity index is 2.87. The van der Waals surface area contributed by atoms with Crippen LogP contribution in [-0.4, -0.2) is 30.6 Å². The molecule has 1 unspecified atom stereocenters. The molecule has 6 heteroatoms. The number of halogens is 1. The fourth-order valence-corrected chi connectivity index (χ4v) is 1.00. The van der Waals surface area contributed by atoms with E-state index < -0.39 is 6.10 Å². The average molecular weight is 249 g/mol. The summed E-state index contributed by atoms with van der Waals surface area (Å²) in [6, 6.07) is 0. The molecule has 1 aromatic heterocycles. The molecule has 0 amide bonds. The Kier molecular flexibility index (Phi) is 3.02. The van der Waals surface area contributed by atoms with Crippen LogP contribution in [0.4, 0.5) is 0 Å². The maximum Gasteiger partial charge on any atom is 0.204 e. The van der Waals surface area contributed by atoms with Gasteiger partial charge in [0.25, 0.3) is 0 Å². The smallest absolute Gasteiger partial charge is 0.204 e. The van der Waals surface area contributed by atoms with Gasteiger partial charge in [-0.3, -0.25) is 0 Å². The van der Waals surface area contributed by atoms with Crippen LogP contribution in [0.2, 0.25) is 0 Å². The first-order valence-electron chi connectivity index (χ1n) is 3.99. The number of aromatic nitrogens is 4. The van der Waals surface area contributed by atoms with Gasteiger partial charge in [-0.1, -0.05) is 15.9 Å². The summed E-state index contributed by atoms with van der Waals surface area (Å²) in [6.07, 6.45) is -0.684. The summed E-state index contributed by atoms with van der Waals surface area (Å²) in [7, 11) is 0. The maximum absolute atomic E-state index is 9.38. The fourth-order valence-electron chi connectivity index (χ4n) is 0.712. The van der Waals surface area contributed by atoms with Crippen molar-refractivity contribution in [2.45, 2.75) is 32.4 Å². The van der Waals surface area contributed by atoms with E-state index in [1.54, 1.807) is 0 Å². The van der Waals surface area contributed by atoms with Crippen LogP contribution >= 0.6 is 15.9 Å². The highest BCUT2D eigenvalue weighted by atomic mass is 79.9. The van der Waals surface area contributed by atoms with Crippen LogP contribution in [0.5, 0.6) is 0 Å². The lowest BCUT2D eigenvalue weighted by Crippen LogP contribution is -2.24. The van der Waals surface area contributed by atoms with E-state index in [2.05, 4.69) is 31.3 Å². The van der Waals surface area contributed by atoms with Crippen LogP contribution in [0, 0.1) is 0 Å². The third-order valence-corrected chi connectivity index (χ3v) is 2.09. The van der Waals surface area contributed by atoms with Crippen molar-refractivity contribution >= 4 is 15.9 Å². The van der Waals surface area contributed by atoms with Crippen LogP contribution in [-0.2, 0) is 5.54 Å². The summed E-state index contributed by atoms with van der Waals surface area (Å²) in [5.74, 6) is 0.354. The summed E-state index contributed by atoms with van der Waals surface area (Å²) >= 11 is 3.14. The van der Waals surface area contributed by atoms with E-state index in [0.717, 1.165) is 0 Å². The minimum Gasteiger partial charge on any atom is -0.384 e. The van der Waals surface area contributed by atoms with E-state index in [0.29, 0.717) is 11.2 Å². The monoisotopic (exact) mass is 248 g/mol. The first-order valence-corrected chi connectivity index (χ1v) is 5.11. The lowest BCUT2D eigenvalue weighted by atomic mass is 10.1. The van der Waals surface area contributed by atoms with E-state index in [1.165, 1.54) is 4.80 Å². The van der Waals surface area contributed by atoms with E-state index in [9.17, 15) is 5.11 Å². The van der Waals surface area contributed by atoms with E-state index in [1.807, 2.05) is 20.8 Å². The molecule has 0 fully saturated rings. The number of aliphatic hydroxyl groups excluding tert-OH is 1. The van der Waals surface area contributed by atoms with E-state index >= 15 is 0 Å². The molecule has 0 saturated carbocycles. The zero-order chi connectivity index (χ0) is 10.1. The average Bonchev–Trinajstić information content (AvgIpc) is 2.50. The summed E-state index contributed by atoms with van der Waals surface area (Å²) in [5.41, 5.74) is -0.197. The molecule has 0 aliphatic rings. The minimum atomic E-state index is -0.684. The Labute approximate surface area is 85.3 Å². The Morgan fingerprint density at radius 1 is 1.54 bits per heavy atom. The number of hydrogen-bond donors (Lipinski definition) is 1. The van der Waals surface area contributed by atoms with Crippen LogP contribution in [0.1, 0.15) is 32.7 Å². The third-order valence-electron chi connectivity index (χ3n) is 1.47. The lowest BCUT2D eigenvalue weighted by molar-refractivity contribution is 0.193. The van der Waals surface area contributed by atoms with Gasteiger partial charge in [-0.2, -0.15) is 4.80 Å². The molecular weight excluding hydrogens is 236 g/mol. The van der Waals surface area contributed by atoms with Crippen LogP contribution in [0.15, 0.2) is 0 Å². The summed E-state index contributed by atoms with van der Waals surface area (Å²) in [5, 5.41) is 21.5. The molecule has 1 atom stereocenters. The molecular formula is C7H13BrN4O. The Morgan fingerprint density at radius 3 is 2.54 bits per heavy atom. The predicted molar refractivity (Wildman–Crippen MR) is 51.6 cm³/mol. The topological polar surface area (TPSA) is 63.8 Å². The molecule has 0 radical (unpaired) electrons. The molecule has 0 aliphatic heterocycles. The number of aliphatic hydroxyl groups is 1. The molecule has 1 aromatic rings. The van der Waals surface area contributed by atoms with Crippen molar-refractivity contribution in [2.24, 2.45) is 0 Å². The van der Waals surface area contributed by atoms with Crippen molar-refractivity contribution in [3.05, 3.63) is 5.82 Å². The second kappa shape index (κ2) is 3.71. The fraction of sp³-hybridized carbons (Fsp3) is 0.857. The SMILES string of the molecule is CC(C)(C)n1nnc(C(O)CBr)n1. The largest absolute Gasteiger partial charge is 0.384 e. The van der Waals surface area contributed by atoms with Gasteiger partial charge in [-0.05, 0) is 26.0 Å². The lowest BCUT2D eigenvalue weighted by Gasteiger charge is -2.15. The normalized spacial score (nSPS) is 14.5. The number of hydrogen-bond acceptors (Lipinski definition) is 4. The zero-order valence-electron chi connectivity index (χ0n) is 7.90. The highest BCUT2D eigenvalue weighted by molar-refractivity contribution is 9.09. The molecule has 0 spiro atoms. The summed E-state index contributed by atoms with van der Waals surface area (Å²) < 4.78 is 0. The zero-order valence-corrected chi connectivity index (χ0v) is 9.48. The number of rotatable bonds is 2. The first kappa shape index (κ1) is 10.6. The van der Waals surface area contributed by atoms with Crippen molar-refractivity contribution in [1.82, 2.24) is 20.2 Å². The van der Waals surface area contributed by atoms with Crippen molar-refractivity contribution in [2.75, 3.05) is 5.33 Å². The molecule has 1 rings (SSSR count). The van der Waals surface area contributed by atoms with Gasteiger partial charge in [0.1, 0.15) is 6.10 Å². The molecule has 1 heterocycles. The van der Waals surface area contributed by atoms with Gasteiger partial charge >= 0.3 is 0 Å². The van der Waals surface area contributed by atoms with Crippen molar-refractivity contribution in [3.63, 3.8) is 0 Å². The molecule has 0 saturated heterocycles. The van der Waals surface area contributed by atoms with E-state index in [4.69, 9.17) is 0 Å². The van der Waals surface area contributed by atoms with Gasteiger partial charge in [0, 0.05) is 5.33 Å². The molecule has 13 heavy (non-hydrogen) atoms. The standard InChI is InChI=1S/C7H13BrN4O/c1-7(2,3)12-10-6(9-11-12)5(13)4-8/h5,13H,4H2,1-3H3. The van der Waals surface area contributed by atoms with Crippen LogP contribution in [0.25, 0.3) is 0 Å². The third kappa shape index (κ3) is 2.47. The summed E-state index contributed by atoms with van der Waals surface area (Å²) in [6.45, 7) is 5.91. The Hall–Kier alpha value is -0.490. The van der Waals surface area contributed by atoms with Crippen LogP contribution < -0.4 is 0 Å². The highest BCUT2D eigenvalue weighted by Crippen LogP contribution is 2.13. The van der Waals surface area contributed by atoms with Crippen molar-refractivity contribution < 1.29 is 5.11 Å². The quantitative estimate of drug-likeness (QED) is 0.789. The molecule has 0 aromatic carbocycles. The second-order valence-electron chi connectivity index (χ2n) is 3.78. The Morgan fingerprint density at radius 2 is 2.15 bits per heavy atom. The molecule has 0 aliphatic carbocycles. The highest BCUT2D eigenvalue weighted by Gasteiger charge is 2.19. The first-order chi connectivity index (χ1) is 5.95. The molecule has 1 N–H and O–H groups in total. The van der Waals surface area contributed by atoms with E-state index in [-0.39, 0.29) is 5.54 Å². The van der Waals surface area contributed by atoms with Gasteiger partial charge in [0.15, 0.2) is 0 Å². The number of alkyl halides is 1.